The Labute approximate surface area is 54.5 Å². The average molecular weight is 126 g/mol. The van der Waals surface area contributed by atoms with Crippen molar-refractivity contribution in [1.82, 2.24) is 9.80 Å². The van der Waals surface area contributed by atoms with E-state index in [1.54, 1.807) is 18.1 Å². The molecule has 0 N–H and O–H groups in total. The van der Waals surface area contributed by atoms with Gasteiger partial charge in [0.2, 0.25) is 5.91 Å². The normalized spacial score (nSPS) is 19.1. The highest BCUT2D eigenvalue weighted by atomic mass is 16.2. The summed E-state index contributed by atoms with van der Waals surface area (Å²) in [6.07, 6.45) is 3.63. The molecule has 9 heavy (non-hydrogen) atoms. The molecule has 0 bridgehead atoms. The third-order valence-corrected chi connectivity index (χ3v) is 1.32. The predicted molar refractivity (Wildman–Crippen MR) is 34.5 cm³/mol. The standard InChI is InChI=1S/C6H10N2O/c1-7-3-4-8(2)6(9)5-7/h3-4H,5H2,1-2H3. The molecule has 0 aliphatic carbocycles. The summed E-state index contributed by atoms with van der Waals surface area (Å²) in [5, 5.41) is 0. The fourth-order valence-electron chi connectivity index (χ4n) is 0.675. The molecule has 1 amide bonds. The highest BCUT2D eigenvalue weighted by Gasteiger charge is 2.11. The molecule has 0 unspecified atom stereocenters. The first-order valence-electron chi connectivity index (χ1n) is 2.84. The van der Waals surface area contributed by atoms with Crippen LogP contribution in [0.1, 0.15) is 0 Å². The lowest BCUT2D eigenvalue weighted by atomic mass is 10.4. The van der Waals surface area contributed by atoms with E-state index in [4.69, 9.17) is 0 Å². The highest BCUT2D eigenvalue weighted by Crippen LogP contribution is 1.97. The van der Waals surface area contributed by atoms with Gasteiger partial charge in [-0.15, -0.1) is 0 Å². The summed E-state index contributed by atoms with van der Waals surface area (Å²) in [5.74, 6) is 0.139. The van der Waals surface area contributed by atoms with Crippen molar-refractivity contribution in [2.75, 3.05) is 20.6 Å². The van der Waals surface area contributed by atoms with Gasteiger partial charge in [-0.1, -0.05) is 0 Å². The summed E-state index contributed by atoms with van der Waals surface area (Å²) in [5.41, 5.74) is 0. The number of nitrogens with zero attached hydrogens (tertiary/aromatic N) is 2. The van der Waals surface area contributed by atoms with Gasteiger partial charge < -0.3 is 9.80 Å². The topological polar surface area (TPSA) is 23.6 Å². The van der Waals surface area contributed by atoms with E-state index in [-0.39, 0.29) is 5.91 Å². The van der Waals surface area contributed by atoms with E-state index < -0.39 is 0 Å². The van der Waals surface area contributed by atoms with Gasteiger partial charge in [0.1, 0.15) is 0 Å². The number of hydrogen-bond acceptors (Lipinski definition) is 2. The molecule has 3 heteroatoms. The number of likely N-dealkylation sites (N-methyl/N-ethyl adjacent to an activating group) is 2. The number of carbonyl (C=O) groups excluding carboxylic acids is 1. The quantitative estimate of drug-likeness (QED) is 0.451. The van der Waals surface area contributed by atoms with E-state index in [0.717, 1.165) is 0 Å². The van der Waals surface area contributed by atoms with Gasteiger partial charge in [-0.3, -0.25) is 4.79 Å². The van der Waals surface area contributed by atoms with Crippen molar-refractivity contribution >= 4 is 5.91 Å². The van der Waals surface area contributed by atoms with Crippen LogP contribution in [0.2, 0.25) is 0 Å². The lowest BCUT2D eigenvalue weighted by Crippen LogP contribution is -2.35. The molecule has 0 fully saturated rings. The zero-order valence-electron chi connectivity index (χ0n) is 5.66. The van der Waals surface area contributed by atoms with Crippen LogP contribution in [0, 0.1) is 0 Å². The van der Waals surface area contributed by atoms with E-state index in [2.05, 4.69) is 0 Å². The first-order valence-corrected chi connectivity index (χ1v) is 2.84. The van der Waals surface area contributed by atoms with Gasteiger partial charge in [0.05, 0.1) is 6.54 Å². The molecule has 1 rings (SSSR count). The maximum atomic E-state index is 10.8. The van der Waals surface area contributed by atoms with Crippen LogP contribution in [0.3, 0.4) is 0 Å². The Morgan fingerprint density at radius 1 is 1.44 bits per heavy atom. The predicted octanol–water partition coefficient (Wildman–Crippen LogP) is -0.139. The summed E-state index contributed by atoms with van der Waals surface area (Å²) < 4.78 is 0. The first kappa shape index (κ1) is 6.13. The van der Waals surface area contributed by atoms with Crippen molar-refractivity contribution in [1.29, 1.82) is 0 Å². The number of amides is 1. The fourth-order valence-corrected chi connectivity index (χ4v) is 0.675. The van der Waals surface area contributed by atoms with E-state index in [9.17, 15) is 4.79 Å². The van der Waals surface area contributed by atoms with Crippen LogP contribution >= 0.6 is 0 Å². The number of carbonyl (C=O) groups is 1. The second-order valence-corrected chi connectivity index (χ2v) is 2.22. The molecule has 1 aliphatic rings. The monoisotopic (exact) mass is 126 g/mol. The lowest BCUT2D eigenvalue weighted by Gasteiger charge is -2.23. The van der Waals surface area contributed by atoms with Crippen LogP contribution in [0.5, 0.6) is 0 Å². The van der Waals surface area contributed by atoms with Crippen LogP contribution in [0.4, 0.5) is 0 Å². The first-order chi connectivity index (χ1) is 4.20. The molecule has 3 nitrogen and oxygen atoms in total. The molecule has 0 aromatic rings. The maximum Gasteiger partial charge on any atom is 0.245 e. The SMILES string of the molecule is CN1C=CN(C)C(=O)C1. The Hall–Kier alpha value is -0.990. The molecular formula is C6H10N2O. The minimum Gasteiger partial charge on any atom is -0.370 e. The smallest absolute Gasteiger partial charge is 0.245 e. The van der Waals surface area contributed by atoms with E-state index >= 15 is 0 Å². The van der Waals surface area contributed by atoms with Crippen molar-refractivity contribution in [3.05, 3.63) is 12.4 Å². The Morgan fingerprint density at radius 2 is 2.11 bits per heavy atom. The summed E-state index contributed by atoms with van der Waals surface area (Å²) in [7, 11) is 3.63. The van der Waals surface area contributed by atoms with Gasteiger partial charge in [-0.2, -0.15) is 0 Å². The lowest BCUT2D eigenvalue weighted by molar-refractivity contribution is -0.128. The molecule has 0 saturated carbocycles. The van der Waals surface area contributed by atoms with Crippen LogP contribution in [0.15, 0.2) is 12.4 Å². The van der Waals surface area contributed by atoms with Crippen molar-refractivity contribution < 1.29 is 4.79 Å². The second kappa shape index (κ2) is 2.09. The molecule has 0 spiro atoms. The van der Waals surface area contributed by atoms with Crippen LogP contribution in [-0.4, -0.2) is 36.3 Å². The zero-order valence-corrected chi connectivity index (χ0v) is 5.66. The van der Waals surface area contributed by atoms with Crippen molar-refractivity contribution in [3.8, 4) is 0 Å². The summed E-state index contributed by atoms with van der Waals surface area (Å²) in [6.45, 7) is 0.493. The molecule has 0 radical (unpaired) electrons. The van der Waals surface area contributed by atoms with E-state index in [0.29, 0.717) is 6.54 Å². The van der Waals surface area contributed by atoms with Crippen LogP contribution in [0.25, 0.3) is 0 Å². The van der Waals surface area contributed by atoms with Gasteiger partial charge in [0.15, 0.2) is 0 Å². The zero-order chi connectivity index (χ0) is 6.85. The number of hydrogen-bond donors (Lipinski definition) is 0. The minimum atomic E-state index is 0.139. The van der Waals surface area contributed by atoms with Crippen LogP contribution in [-0.2, 0) is 4.79 Å². The van der Waals surface area contributed by atoms with Crippen molar-refractivity contribution in [3.63, 3.8) is 0 Å². The van der Waals surface area contributed by atoms with Crippen LogP contribution < -0.4 is 0 Å². The third-order valence-electron chi connectivity index (χ3n) is 1.32. The molecule has 0 aromatic carbocycles. The van der Waals surface area contributed by atoms with Gasteiger partial charge in [-0.05, 0) is 0 Å². The third kappa shape index (κ3) is 1.22. The summed E-state index contributed by atoms with van der Waals surface area (Å²) in [4.78, 5) is 14.3. The Bertz CT molecular complexity index is 153. The number of rotatable bonds is 0. The highest BCUT2D eigenvalue weighted by molar-refractivity contribution is 5.79. The molecule has 1 heterocycles. The maximum absolute atomic E-state index is 10.8. The fraction of sp³-hybridized carbons (Fsp3) is 0.500. The molecular weight excluding hydrogens is 116 g/mol. The molecule has 50 valence electrons. The van der Waals surface area contributed by atoms with Gasteiger partial charge >= 0.3 is 0 Å². The van der Waals surface area contributed by atoms with Crippen molar-refractivity contribution in [2.24, 2.45) is 0 Å². The molecule has 0 saturated heterocycles. The Kier molecular flexibility index (Phi) is 1.42. The summed E-state index contributed by atoms with van der Waals surface area (Å²) in [6, 6.07) is 0. The summed E-state index contributed by atoms with van der Waals surface area (Å²) >= 11 is 0. The van der Waals surface area contributed by atoms with Gasteiger partial charge in [0, 0.05) is 26.5 Å². The van der Waals surface area contributed by atoms with E-state index in [1.165, 1.54) is 0 Å². The minimum absolute atomic E-state index is 0.139. The molecule has 0 aromatic heterocycles. The second-order valence-electron chi connectivity index (χ2n) is 2.22. The average Bonchev–Trinajstić information content (AvgIpc) is 1.80. The Balaban J connectivity index is 2.65. The largest absolute Gasteiger partial charge is 0.370 e. The van der Waals surface area contributed by atoms with Gasteiger partial charge in [0.25, 0.3) is 0 Å². The molecule has 0 atom stereocenters. The van der Waals surface area contributed by atoms with Gasteiger partial charge in [-0.25, -0.2) is 0 Å². The molecule has 1 aliphatic heterocycles. The van der Waals surface area contributed by atoms with E-state index in [1.807, 2.05) is 18.1 Å². The Morgan fingerprint density at radius 3 is 2.56 bits per heavy atom. The van der Waals surface area contributed by atoms with Crippen molar-refractivity contribution in [2.45, 2.75) is 0 Å².